The third-order valence-electron chi connectivity index (χ3n) is 6.52. The number of hydrogen-bond donors (Lipinski definition) is 3. The van der Waals surface area contributed by atoms with Crippen LogP contribution in [0.15, 0.2) is 48.5 Å². The summed E-state index contributed by atoms with van der Waals surface area (Å²) in [6.45, 7) is 5.21. The Morgan fingerprint density at radius 1 is 1.03 bits per heavy atom. The molecule has 0 unspecified atom stereocenters. The van der Waals surface area contributed by atoms with Gasteiger partial charge in [0.1, 0.15) is 17.0 Å². The van der Waals surface area contributed by atoms with E-state index in [1.54, 1.807) is 20.8 Å². The summed E-state index contributed by atoms with van der Waals surface area (Å²) >= 11 is 0.977. The summed E-state index contributed by atoms with van der Waals surface area (Å²) in [5, 5.41) is 15.0. The van der Waals surface area contributed by atoms with Crippen LogP contribution in [0.25, 0.3) is 11.1 Å². The molecule has 182 valence electrons. The summed E-state index contributed by atoms with van der Waals surface area (Å²) in [4.78, 5) is 41.5. The number of carbonyl (C=O) groups is 3. The van der Waals surface area contributed by atoms with E-state index in [0.29, 0.717) is 5.69 Å². The van der Waals surface area contributed by atoms with Crippen molar-refractivity contribution in [2.24, 2.45) is 0 Å². The second-order valence-electron chi connectivity index (χ2n) is 8.43. The molecule has 8 nitrogen and oxygen atoms in total. The number of anilines is 1. The number of ether oxygens (including phenoxy) is 1. The molecule has 9 heteroatoms. The number of rotatable bonds is 8. The number of hydrogen-bond acceptors (Lipinski definition) is 6. The highest BCUT2D eigenvalue weighted by molar-refractivity contribution is 7.17. The fraction of sp³-hybridized carbons (Fsp3) is 0.308. The molecule has 2 aromatic carbocycles. The number of benzene rings is 2. The molecular formula is C26H27N3O5S. The van der Waals surface area contributed by atoms with Crippen LogP contribution in [0.2, 0.25) is 0 Å². The highest BCUT2D eigenvalue weighted by Crippen LogP contribution is 2.44. The van der Waals surface area contributed by atoms with Crippen molar-refractivity contribution in [1.29, 1.82) is 0 Å². The summed E-state index contributed by atoms with van der Waals surface area (Å²) < 4.78 is 5.54. The van der Waals surface area contributed by atoms with Crippen LogP contribution >= 0.6 is 11.3 Å². The lowest BCUT2D eigenvalue weighted by Crippen LogP contribution is -2.53. The van der Waals surface area contributed by atoms with Crippen molar-refractivity contribution in [2.75, 3.05) is 11.9 Å². The van der Waals surface area contributed by atoms with E-state index in [0.717, 1.165) is 33.6 Å². The molecule has 0 saturated carbocycles. The largest absolute Gasteiger partial charge is 0.480 e. The van der Waals surface area contributed by atoms with Crippen LogP contribution in [0, 0.1) is 6.92 Å². The van der Waals surface area contributed by atoms with Gasteiger partial charge in [-0.1, -0.05) is 73.7 Å². The second kappa shape index (κ2) is 9.87. The summed E-state index contributed by atoms with van der Waals surface area (Å²) in [5.74, 6) is -1.69. The molecule has 0 radical (unpaired) electrons. The van der Waals surface area contributed by atoms with Crippen molar-refractivity contribution in [3.8, 4) is 11.1 Å². The Labute approximate surface area is 207 Å². The molecule has 0 bridgehead atoms. The van der Waals surface area contributed by atoms with Crippen molar-refractivity contribution in [1.82, 2.24) is 10.3 Å². The summed E-state index contributed by atoms with van der Waals surface area (Å²) in [5.41, 5.74) is 3.54. The molecule has 1 aliphatic carbocycles. The molecule has 0 aliphatic heterocycles. The molecule has 1 heterocycles. The number of aryl methyl sites for hydroxylation is 1. The zero-order chi connectivity index (χ0) is 25.2. The van der Waals surface area contributed by atoms with Crippen molar-refractivity contribution in [3.63, 3.8) is 0 Å². The van der Waals surface area contributed by atoms with Gasteiger partial charge in [0.05, 0.1) is 5.69 Å². The number of amides is 2. The first-order valence-electron chi connectivity index (χ1n) is 11.4. The summed E-state index contributed by atoms with van der Waals surface area (Å²) in [6, 6.07) is 16.1. The Hall–Kier alpha value is -3.72. The van der Waals surface area contributed by atoms with Crippen LogP contribution in [0.3, 0.4) is 0 Å². The number of fused-ring (bicyclic) bond motifs is 3. The lowest BCUT2D eigenvalue weighted by Gasteiger charge is -2.27. The molecule has 2 amide bonds. The van der Waals surface area contributed by atoms with Crippen LogP contribution in [0.1, 0.15) is 59.1 Å². The first-order chi connectivity index (χ1) is 16.8. The van der Waals surface area contributed by atoms with Crippen LogP contribution in [0.4, 0.5) is 9.93 Å². The molecule has 35 heavy (non-hydrogen) atoms. The number of carboxylic acids is 1. The van der Waals surface area contributed by atoms with E-state index >= 15 is 0 Å². The number of thiazole rings is 1. The molecule has 3 N–H and O–H groups in total. The van der Waals surface area contributed by atoms with Gasteiger partial charge in [0.15, 0.2) is 5.13 Å². The zero-order valence-electron chi connectivity index (χ0n) is 19.8. The van der Waals surface area contributed by atoms with E-state index in [1.165, 1.54) is 0 Å². The van der Waals surface area contributed by atoms with Crippen molar-refractivity contribution in [2.45, 2.75) is 45.1 Å². The Balaban J connectivity index is 1.43. The number of nitrogens with one attached hydrogen (secondary N) is 2. The van der Waals surface area contributed by atoms with Crippen molar-refractivity contribution < 1.29 is 24.2 Å². The Morgan fingerprint density at radius 2 is 1.60 bits per heavy atom. The van der Waals surface area contributed by atoms with E-state index < -0.39 is 23.5 Å². The molecule has 0 atom stereocenters. The Bertz CT molecular complexity index is 1240. The number of aliphatic carboxylic acids is 1. The minimum atomic E-state index is -1.35. The topological polar surface area (TPSA) is 118 Å². The summed E-state index contributed by atoms with van der Waals surface area (Å²) in [6.07, 6.45) is -0.185. The minimum Gasteiger partial charge on any atom is -0.480 e. The van der Waals surface area contributed by atoms with Gasteiger partial charge in [0, 0.05) is 5.92 Å². The number of carboxylic acid groups (broad SMARTS) is 1. The molecule has 0 spiro atoms. The van der Waals surface area contributed by atoms with Gasteiger partial charge in [-0.2, -0.15) is 0 Å². The van der Waals surface area contributed by atoms with Gasteiger partial charge in [-0.05, 0) is 42.0 Å². The van der Waals surface area contributed by atoms with Crippen molar-refractivity contribution >= 4 is 34.4 Å². The lowest BCUT2D eigenvalue weighted by molar-refractivity contribution is -0.144. The molecule has 3 aromatic rings. The first-order valence-corrected chi connectivity index (χ1v) is 12.3. The predicted molar refractivity (Wildman–Crippen MR) is 134 cm³/mol. The van der Waals surface area contributed by atoms with Gasteiger partial charge in [0.25, 0.3) is 5.91 Å². The second-order valence-corrected chi connectivity index (χ2v) is 9.43. The average molecular weight is 494 g/mol. The number of carbonyl (C=O) groups excluding carboxylic acids is 2. The van der Waals surface area contributed by atoms with Crippen molar-refractivity contribution in [3.05, 3.63) is 70.2 Å². The SMILES string of the molecule is CCC(CC)(NC(=O)c1sc(NC(=O)OCC2c3ccccc3-c3ccccc32)nc1C)C(=O)O. The van der Waals surface area contributed by atoms with Gasteiger partial charge in [0.2, 0.25) is 0 Å². The molecule has 1 aliphatic rings. The van der Waals surface area contributed by atoms with E-state index in [4.69, 9.17) is 4.74 Å². The third kappa shape index (κ3) is 4.64. The van der Waals surface area contributed by atoms with Crippen LogP contribution in [-0.4, -0.2) is 40.2 Å². The third-order valence-corrected chi connectivity index (χ3v) is 7.60. The van der Waals surface area contributed by atoms with E-state index in [9.17, 15) is 19.5 Å². The van der Waals surface area contributed by atoms with E-state index in [2.05, 4.69) is 27.8 Å². The highest BCUT2D eigenvalue weighted by atomic mass is 32.1. The molecule has 0 fully saturated rings. The predicted octanol–water partition coefficient (Wildman–Crippen LogP) is 5.19. The maximum atomic E-state index is 12.8. The van der Waals surface area contributed by atoms with Gasteiger partial charge in [-0.25, -0.2) is 14.6 Å². The maximum Gasteiger partial charge on any atom is 0.413 e. The van der Waals surface area contributed by atoms with Crippen LogP contribution in [0.5, 0.6) is 0 Å². The maximum absolute atomic E-state index is 12.8. The zero-order valence-corrected chi connectivity index (χ0v) is 20.6. The Morgan fingerprint density at radius 3 is 2.14 bits per heavy atom. The van der Waals surface area contributed by atoms with Crippen LogP contribution < -0.4 is 10.6 Å². The van der Waals surface area contributed by atoms with Gasteiger partial charge in [-0.15, -0.1) is 0 Å². The number of aromatic nitrogens is 1. The minimum absolute atomic E-state index is 0.0697. The number of nitrogens with zero attached hydrogens (tertiary/aromatic N) is 1. The molecule has 1 aromatic heterocycles. The Kier molecular flexibility index (Phi) is 6.88. The lowest BCUT2D eigenvalue weighted by atomic mass is 9.93. The van der Waals surface area contributed by atoms with Gasteiger partial charge in [-0.3, -0.25) is 10.1 Å². The first kappa shape index (κ1) is 24.4. The average Bonchev–Trinajstić information content (AvgIpc) is 3.38. The fourth-order valence-electron chi connectivity index (χ4n) is 4.44. The normalized spacial score (nSPS) is 12.5. The monoisotopic (exact) mass is 493 g/mol. The van der Waals surface area contributed by atoms with Gasteiger partial charge >= 0.3 is 12.1 Å². The highest BCUT2D eigenvalue weighted by Gasteiger charge is 2.37. The smallest absolute Gasteiger partial charge is 0.413 e. The quantitative estimate of drug-likeness (QED) is 0.398. The fourth-order valence-corrected chi connectivity index (χ4v) is 5.29. The molecule has 0 saturated heterocycles. The molecular weight excluding hydrogens is 466 g/mol. The standard InChI is InChI=1S/C26H27N3O5S/c1-4-26(5-2,23(31)32)29-22(30)21-15(3)27-24(35-21)28-25(33)34-14-20-18-12-8-6-10-16(18)17-11-7-9-13-19(17)20/h6-13,20H,4-5,14H2,1-3H3,(H,29,30)(H,31,32)(H,27,28,33). The molecule has 4 rings (SSSR count). The van der Waals surface area contributed by atoms with E-state index in [-0.39, 0.29) is 35.4 Å². The van der Waals surface area contributed by atoms with E-state index in [1.807, 2.05) is 36.4 Å². The summed E-state index contributed by atoms with van der Waals surface area (Å²) in [7, 11) is 0. The van der Waals surface area contributed by atoms with Gasteiger partial charge < -0.3 is 15.2 Å². The van der Waals surface area contributed by atoms with Crippen LogP contribution in [-0.2, 0) is 9.53 Å².